The molecule has 6 heteroatoms. The molecular weight excluding hydrogens is 348 g/mol. The van der Waals surface area contributed by atoms with Gasteiger partial charge in [0.15, 0.2) is 9.84 Å². The van der Waals surface area contributed by atoms with Gasteiger partial charge in [0.05, 0.1) is 11.0 Å². The first kappa shape index (κ1) is 20.4. The molecule has 4 N–H and O–H groups in total. The quantitative estimate of drug-likeness (QED) is 0.585. The molecule has 5 nitrogen and oxygen atoms in total. The summed E-state index contributed by atoms with van der Waals surface area (Å²) in [5, 5.41) is 12.5. The number of aliphatic hydroxyl groups excluding tert-OH is 1. The Labute approximate surface area is 156 Å². The maximum absolute atomic E-state index is 12.9. The van der Waals surface area contributed by atoms with Crippen molar-refractivity contribution >= 4 is 15.5 Å². The first-order valence-electron chi connectivity index (χ1n) is 8.85. The minimum atomic E-state index is -3.59. The Morgan fingerprint density at radius 2 is 1.77 bits per heavy atom. The monoisotopic (exact) mass is 376 g/mol. The number of hydrogen-bond acceptors (Lipinski definition) is 5. The Kier molecular flexibility index (Phi) is 7.20. The highest BCUT2D eigenvalue weighted by Crippen LogP contribution is 2.21. The van der Waals surface area contributed by atoms with Crippen LogP contribution in [0.1, 0.15) is 25.8 Å². The van der Waals surface area contributed by atoms with Gasteiger partial charge in [-0.2, -0.15) is 0 Å². The van der Waals surface area contributed by atoms with Gasteiger partial charge in [0.2, 0.25) is 0 Å². The lowest BCUT2D eigenvalue weighted by Gasteiger charge is -2.24. The van der Waals surface area contributed by atoms with Gasteiger partial charge in [-0.1, -0.05) is 50.2 Å². The molecule has 0 aliphatic heterocycles. The minimum Gasteiger partial charge on any atom is -0.399 e. The fourth-order valence-electron chi connectivity index (χ4n) is 2.87. The molecule has 2 rings (SSSR count). The Bertz CT molecular complexity index is 792. The lowest BCUT2D eigenvalue weighted by atomic mass is 10.1. The third kappa shape index (κ3) is 5.56. The second-order valence-electron chi connectivity index (χ2n) is 6.87. The first-order chi connectivity index (χ1) is 12.3. The highest BCUT2D eigenvalue weighted by atomic mass is 32.2. The van der Waals surface area contributed by atoms with Gasteiger partial charge in [0, 0.05) is 12.2 Å². The molecule has 2 aromatic rings. The molecule has 0 bridgehead atoms. The van der Waals surface area contributed by atoms with Crippen molar-refractivity contribution in [2.24, 2.45) is 5.92 Å². The summed E-state index contributed by atoms with van der Waals surface area (Å²) in [6, 6.07) is 16.2. The van der Waals surface area contributed by atoms with Gasteiger partial charge >= 0.3 is 0 Å². The zero-order valence-corrected chi connectivity index (χ0v) is 16.1. The van der Waals surface area contributed by atoms with Gasteiger partial charge in [0.1, 0.15) is 5.37 Å². The van der Waals surface area contributed by atoms with E-state index in [0.717, 1.165) is 12.0 Å². The van der Waals surface area contributed by atoms with E-state index in [0.29, 0.717) is 12.1 Å². The van der Waals surface area contributed by atoms with Crippen molar-refractivity contribution in [2.75, 3.05) is 12.3 Å². The second-order valence-corrected chi connectivity index (χ2v) is 8.94. The molecule has 0 aliphatic carbocycles. The molecule has 0 saturated heterocycles. The molecule has 0 amide bonds. The third-order valence-electron chi connectivity index (χ3n) is 4.29. The first-order valence-corrected chi connectivity index (χ1v) is 10.4. The van der Waals surface area contributed by atoms with Crippen molar-refractivity contribution in [1.82, 2.24) is 5.32 Å². The van der Waals surface area contributed by atoms with Crippen molar-refractivity contribution in [3.8, 4) is 0 Å². The van der Waals surface area contributed by atoms with E-state index in [4.69, 9.17) is 5.73 Å². The molecule has 0 aromatic heterocycles. The number of aliphatic hydroxyl groups is 1. The summed E-state index contributed by atoms with van der Waals surface area (Å²) in [6.07, 6.45) is 0.700. The Hall–Kier alpha value is -1.89. The zero-order chi connectivity index (χ0) is 19.2. The summed E-state index contributed by atoms with van der Waals surface area (Å²) in [5.41, 5.74) is 7.29. The maximum Gasteiger partial charge on any atom is 0.194 e. The van der Waals surface area contributed by atoms with Crippen LogP contribution < -0.4 is 11.1 Å². The number of rotatable bonds is 9. The summed E-state index contributed by atoms with van der Waals surface area (Å²) in [4.78, 5) is 0.197. The minimum absolute atomic E-state index is 0.150. The van der Waals surface area contributed by atoms with E-state index in [9.17, 15) is 13.5 Å². The highest BCUT2D eigenvalue weighted by Gasteiger charge is 2.30. The van der Waals surface area contributed by atoms with Crippen molar-refractivity contribution in [1.29, 1.82) is 0 Å². The van der Waals surface area contributed by atoms with E-state index in [1.54, 1.807) is 18.2 Å². The lowest BCUT2D eigenvalue weighted by molar-refractivity contribution is 0.159. The standard InChI is InChI=1S/C20H28N2O3S/c1-15(2)20(26(24,25)19-10-6-9-17(21)13-19)22-14-18(23)12-11-16-7-4-3-5-8-16/h3-10,13,15,18,20,22-23H,11-12,14,21H2,1-2H3/t18-,20+/m1/s1. The Balaban J connectivity index is 1.99. The number of aryl methyl sites for hydroxylation is 1. The average Bonchev–Trinajstić information content (AvgIpc) is 2.60. The largest absolute Gasteiger partial charge is 0.399 e. The normalized spacial score (nSPS) is 14.3. The van der Waals surface area contributed by atoms with Gasteiger partial charge in [-0.25, -0.2) is 8.42 Å². The van der Waals surface area contributed by atoms with Crippen molar-refractivity contribution in [3.05, 3.63) is 60.2 Å². The fraction of sp³-hybridized carbons (Fsp3) is 0.400. The molecule has 0 saturated carbocycles. The molecule has 26 heavy (non-hydrogen) atoms. The van der Waals surface area contributed by atoms with Crippen molar-refractivity contribution < 1.29 is 13.5 Å². The molecule has 142 valence electrons. The molecular formula is C20H28N2O3S. The van der Waals surface area contributed by atoms with E-state index >= 15 is 0 Å². The van der Waals surface area contributed by atoms with Crippen LogP contribution in [0.2, 0.25) is 0 Å². The smallest absolute Gasteiger partial charge is 0.194 e. The van der Waals surface area contributed by atoms with Crippen LogP contribution in [-0.2, 0) is 16.3 Å². The van der Waals surface area contributed by atoms with Crippen LogP contribution in [0.5, 0.6) is 0 Å². The molecule has 0 radical (unpaired) electrons. The summed E-state index contributed by atoms with van der Waals surface area (Å²) >= 11 is 0. The predicted molar refractivity (Wildman–Crippen MR) is 105 cm³/mol. The second kappa shape index (κ2) is 9.16. The molecule has 2 atom stereocenters. The molecule has 0 spiro atoms. The van der Waals surface area contributed by atoms with Crippen molar-refractivity contribution in [3.63, 3.8) is 0 Å². The van der Waals surface area contributed by atoms with E-state index in [-0.39, 0.29) is 17.4 Å². The number of nitrogens with one attached hydrogen (secondary N) is 1. The van der Waals surface area contributed by atoms with Crippen LogP contribution in [0, 0.1) is 5.92 Å². The highest BCUT2D eigenvalue weighted by molar-refractivity contribution is 7.92. The number of sulfone groups is 1. The molecule has 0 unspecified atom stereocenters. The Morgan fingerprint density at radius 1 is 1.08 bits per heavy atom. The average molecular weight is 377 g/mol. The SMILES string of the molecule is CC(C)[C@@H](NC[C@H](O)CCc1ccccc1)S(=O)(=O)c1cccc(N)c1. The van der Waals surface area contributed by atoms with Crippen LogP contribution in [0.25, 0.3) is 0 Å². The number of anilines is 1. The topological polar surface area (TPSA) is 92.4 Å². The van der Waals surface area contributed by atoms with Crippen molar-refractivity contribution in [2.45, 2.75) is 43.1 Å². The predicted octanol–water partition coefficient (Wildman–Crippen LogP) is 2.61. The summed E-state index contributed by atoms with van der Waals surface area (Å²) in [7, 11) is -3.59. The van der Waals surface area contributed by atoms with Crippen LogP contribution >= 0.6 is 0 Å². The van der Waals surface area contributed by atoms with E-state index in [2.05, 4.69) is 5.32 Å². The molecule has 2 aromatic carbocycles. The van der Waals surface area contributed by atoms with Crippen LogP contribution in [-0.4, -0.2) is 31.5 Å². The number of benzene rings is 2. The molecule has 0 aliphatic rings. The number of hydrogen-bond donors (Lipinski definition) is 3. The summed E-state index contributed by atoms with van der Waals surface area (Å²) in [6.45, 7) is 3.91. The van der Waals surface area contributed by atoms with Gasteiger partial charge < -0.3 is 10.8 Å². The summed E-state index contributed by atoms with van der Waals surface area (Å²) < 4.78 is 25.8. The van der Waals surface area contributed by atoms with Crippen LogP contribution in [0.4, 0.5) is 5.69 Å². The van der Waals surface area contributed by atoms with E-state index in [1.807, 2.05) is 44.2 Å². The Morgan fingerprint density at radius 3 is 2.38 bits per heavy atom. The fourth-order valence-corrected chi connectivity index (χ4v) is 4.77. The van der Waals surface area contributed by atoms with E-state index in [1.165, 1.54) is 6.07 Å². The van der Waals surface area contributed by atoms with Gasteiger partial charge in [0.25, 0.3) is 0 Å². The van der Waals surface area contributed by atoms with Gasteiger partial charge in [-0.3, -0.25) is 5.32 Å². The third-order valence-corrected chi connectivity index (χ3v) is 6.58. The summed E-state index contributed by atoms with van der Waals surface area (Å²) in [5.74, 6) is -0.150. The van der Waals surface area contributed by atoms with Gasteiger partial charge in [-0.15, -0.1) is 0 Å². The van der Waals surface area contributed by atoms with Crippen LogP contribution in [0.15, 0.2) is 59.5 Å². The van der Waals surface area contributed by atoms with E-state index < -0.39 is 21.3 Å². The maximum atomic E-state index is 12.9. The molecule has 0 fully saturated rings. The number of nitrogens with two attached hydrogens (primary N) is 1. The molecule has 0 heterocycles. The van der Waals surface area contributed by atoms with Gasteiger partial charge in [-0.05, 0) is 42.5 Å². The zero-order valence-electron chi connectivity index (χ0n) is 15.3. The number of nitrogen functional groups attached to an aromatic ring is 1. The lowest BCUT2D eigenvalue weighted by Crippen LogP contribution is -2.44. The van der Waals surface area contributed by atoms with Crippen LogP contribution in [0.3, 0.4) is 0 Å².